The van der Waals surface area contributed by atoms with E-state index in [1.807, 2.05) is 19.1 Å². The van der Waals surface area contributed by atoms with Gasteiger partial charge in [0.05, 0.1) is 0 Å². The lowest BCUT2D eigenvalue weighted by atomic mass is 9.99. The minimum absolute atomic E-state index is 0.248. The highest BCUT2D eigenvalue weighted by atomic mass is 32.1. The number of benzene rings is 2. The second kappa shape index (κ2) is 8.05. The summed E-state index contributed by atoms with van der Waals surface area (Å²) in [6.07, 6.45) is 1.05. The van der Waals surface area contributed by atoms with Crippen LogP contribution in [0.15, 0.2) is 54.6 Å². The van der Waals surface area contributed by atoms with Crippen LogP contribution in [0, 0.1) is 6.92 Å². The number of nitrogens with zero attached hydrogens (tertiary/aromatic N) is 3. The Kier molecular flexibility index (Phi) is 5.31. The zero-order valence-electron chi connectivity index (χ0n) is 16.5. The van der Waals surface area contributed by atoms with Crippen LogP contribution in [-0.2, 0) is 20.0 Å². The van der Waals surface area contributed by atoms with Gasteiger partial charge < -0.3 is 10.2 Å². The molecule has 1 aromatic heterocycles. The number of aryl methyl sites for hydroxylation is 2. The maximum Gasteiger partial charge on any atom is 0.277 e. The van der Waals surface area contributed by atoms with Crippen molar-refractivity contribution < 1.29 is 4.79 Å². The monoisotopic (exact) mass is 405 g/mol. The van der Waals surface area contributed by atoms with Crippen LogP contribution in [0.4, 0.5) is 11.4 Å². The van der Waals surface area contributed by atoms with E-state index in [9.17, 15) is 4.79 Å². The Balaban J connectivity index is 1.36. The molecule has 0 fully saturated rings. The summed E-state index contributed by atoms with van der Waals surface area (Å²) < 4.78 is 1.66. The van der Waals surface area contributed by atoms with Gasteiger partial charge in [-0.1, -0.05) is 24.3 Å². The van der Waals surface area contributed by atoms with Crippen LogP contribution in [0.1, 0.15) is 27.3 Å². The third-order valence-electron chi connectivity index (χ3n) is 5.19. The summed E-state index contributed by atoms with van der Waals surface area (Å²) in [7, 11) is 1.80. The molecule has 2 heterocycles. The Morgan fingerprint density at radius 1 is 1.10 bits per heavy atom. The van der Waals surface area contributed by atoms with Crippen LogP contribution in [0.2, 0.25) is 0 Å². The maximum absolute atomic E-state index is 12.3. The summed E-state index contributed by atoms with van der Waals surface area (Å²) in [6.45, 7) is 3.81. The number of hydrogen-bond acceptors (Lipinski definition) is 4. The first-order valence-electron chi connectivity index (χ1n) is 9.54. The van der Waals surface area contributed by atoms with Crippen molar-refractivity contribution in [3.63, 3.8) is 0 Å². The standard InChI is InChI=1S/C22H23N5OS/c1-15-13-20(25-26(15)2)21(28)24-22(29)23-18-7-9-19(10-8-18)27-12-11-16-5-3-4-6-17(16)14-27/h3-10,13H,11-12,14H2,1-2H3,(H2,23,24,28,29). The average Bonchev–Trinajstić information content (AvgIpc) is 3.07. The average molecular weight is 406 g/mol. The molecule has 0 unspecified atom stereocenters. The molecule has 2 N–H and O–H groups in total. The third kappa shape index (κ3) is 4.30. The van der Waals surface area contributed by atoms with Crippen molar-refractivity contribution in [1.29, 1.82) is 0 Å². The molecule has 0 radical (unpaired) electrons. The molecular weight excluding hydrogens is 382 g/mol. The number of thiocarbonyl (C=S) groups is 1. The molecule has 1 aliphatic heterocycles. The Morgan fingerprint density at radius 2 is 1.83 bits per heavy atom. The van der Waals surface area contributed by atoms with Gasteiger partial charge in [0, 0.05) is 37.2 Å². The predicted molar refractivity (Wildman–Crippen MR) is 119 cm³/mol. The van der Waals surface area contributed by atoms with Gasteiger partial charge in [-0.05, 0) is 67.0 Å². The van der Waals surface area contributed by atoms with Crippen LogP contribution < -0.4 is 15.5 Å². The Bertz CT molecular complexity index is 1040. The van der Waals surface area contributed by atoms with Gasteiger partial charge in [-0.2, -0.15) is 5.10 Å². The van der Waals surface area contributed by atoms with Crippen molar-refractivity contribution >= 4 is 34.6 Å². The Hall–Kier alpha value is -3.19. The first kappa shape index (κ1) is 19.1. The second-order valence-corrected chi connectivity index (χ2v) is 7.60. The van der Waals surface area contributed by atoms with Crippen LogP contribution in [0.5, 0.6) is 0 Å². The Morgan fingerprint density at radius 3 is 2.52 bits per heavy atom. The number of anilines is 2. The summed E-state index contributed by atoms with van der Waals surface area (Å²) in [5.41, 5.74) is 6.07. The van der Waals surface area contributed by atoms with Gasteiger partial charge in [0.1, 0.15) is 0 Å². The zero-order chi connectivity index (χ0) is 20.4. The second-order valence-electron chi connectivity index (χ2n) is 7.19. The van der Waals surface area contributed by atoms with Gasteiger partial charge in [0.15, 0.2) is 10.8 Å². The fourth-order valence-corrected chi connectivity index (χ4v) is 3.68. The predicted octanol–water partition coefficient (Wildman–Crippen LogP) is 3.42. The maximum atomic E-state index is 12.3. The van der Waals surface area contributed by atoms with Crippen molar-refractivity contribution in [3.05, 3.63) is 77.1 Å². The highest BCUT2D eigenvalue weighted by Crippen LogP contribution is 2.25. The number of amides is 1. The summed E-state index contributed by atoms with van der Waals surface area (Å²) in [5.74, 6) is -0.324. The summed E-state index contributed by atoms with van der Waals surface area (Å²) in [4.78, 5) is 14.6. The first-order valence-corrected chi connectivity index (χ1v) is 9.95. The fraction of sp³-hybridized carbons (Fsp3) is 0.227. The molecule has 0 bridgehead atoms. The normalized spacial score (nSPS) is 13.0. The summed E-state index contributed by atoms with van der Waals surface area (Å²) in [6, 6.07) is 18.4. The van der Waals surface area contributed by atoms with E-state index in [1.54, 1.807) is 17.8 Å². The molecule has 3 aromatic rings. The SMILES string of the molecule is Cc1cc(C(=O)NC(=S)Nc2ccc(N3CCc4ccccc4C3)cc2)nn1C. The minimum Gasteiger partial charge on any atom is -0.367 e. The topological polar surface area (TPSA) is 62.2 Å². The summed E-state index contributed by atoms with van der Waals surface area (Å²) in [5, 5.41) is 10.1. The largest absolute Gasteiger partial charge is 0.367 e. The molecule has 0 saturated heterocycles. The van der Waals surface area contributed by atoms with Gasteiger partial charge in [0.2, 0.25) is 0 Å². The molecule has 0 spiro atoms. The highest BCUT2D eigenvalue weighted by Gasteiger charge is 2.16. The first-order chi connectivity index (χ1) is 14.0. The van der Waals surface area contributed by atoms with E-state index in [0.717, 1.165) is 30.9 Å². The molecule has 1 amide bonds. The highest BCUT2D eigenvalue weighted by molar-refractivity contribution is 7.80. The van der Waals surface area contributed by atoms with Crippen molar-refractivity contribution in [2.24, 2.45) is 7.05 Å². The number of fused-ring (bicyclic) bond motifs is 1. The molecule has 1 aliphatic rings. The van der Waals surface area contributed by atoms with Crippen LogP contribution in [-0.4, -0.2) is 27.3 Å². The number of carbonyl (C=O) groups is 1. The molecule has 2 aromatic carbocycles. The molecule has 0 aliphatic carbocycles. The smallest absolute Gasteiger partial charge is 0.277 e. The number of nitrogens with one attached hydrogen (secondary N) is 2. The summed E-state index contributed by atoms with van der Waals surface area (Å²) >= 11 is 5.27. The molecule has 7 heteroatoms. The lowest BCUT2D eigenvalue weighted by molar-refractivity contribution is 0.0972. The number of hydrogen-bond donors (Lipinski definition) is 2. The number of carbonyl (C=O) groups excluding carboxylic acids is 1. The van der Waals surface area contributed by atoms with E-state index >= 15 is 0 Å². The van der Waals surface area contributed by atoms with Gasteiger partial charge in [0.25, 0.3) is 5.91 Å². The van der Waals surface area contributed by atoms with Crippen molar-refractivity contribution in [2.45, 2.75) is 19.9 Å². The van der Waals surface area contributed by atoms with Crippen molar-refractivity contribution in [1.82, 2.24) is 15.1 Å². The molecule has 29 heavy (non-hydrogen) atoms. The van der Waals surface area contributed by atoms with Gasteiger partial charge in [-0.15, -0.1) is 0 Å². The van der Waals surface area contributed by atoms with Gasteiger partial charge >= 0.3 is 0 Å². The Labute approximate surface area is 175 Å². The van der Waals surface area contributed by atoms with Crippen molar-refractivity contribution in [3.8, 4) is 0 Å². The lowest BCUT2D eigenvalue weighted by Gasteiger charge is -2.30. The molecular formula is C22H23N5OS. The van der Waals surface area contributed by atoms with E-state index in [0.29, 0.717) is 5.69 Å². The van der Waals surface area contributed by atoms with Gasteiger partial charge in [-0.3, -0.25) is 14.8 Å². The third-order valence-corrected chi connectivity index (χ3v) is 5.40. The molecule has 0 saturated carbocycles. The lowest BCUT2D eigenvalue weighted by Crippen LogP contribution is -2.34. The van der Waals surface area contributed by atoms with Crippen molar-refractivity contribution in [2.75, 3.05) is 16.8 Å². The minimum atomic E-state index is -0.324. The quantitative estimate of drug-likeness (QED) is 0.654. The fourth-order valence-electron chi connectivity index (χ4n) is 3.47. The van der Waals surface area contributed by atoms with Crippen LogP contribution in [0.25, 0.3) is 0 Å². The molecule has 6 nitrogen and oxygen atoms in total. The molecule has 0 atom stereocenters. The number of rotatable bonds is 3. The van der Waals surface area contributed by atoms with E-state index < -0.39 is 0 Å². The van der Waals surface area contributed by atoms with Gasteiger partial charge in [-0.25, -0.2) is 0 Å². The van der Waals surface area contributed by atoms with E-state index in [-0.39, 0.29) is 11.0 Å². The number of aromatic nitrogens is 2. The zero-order valence-corrected chi connectivity index (χ0v) is 17.3. The molecule has 148 valence electrons. The van der Waals surface area contributed by atoms with E-state index in [4.69, 9.17) is 12.2 Å². The van der Waals surface area contributed by atoms with E-state index in [1.165, 1.54) is 16.8 Å². The van der Waals surface area contributed by atoms with E-state index in [2.05, 4.69) is 57.0 Å². The molecule has 4 rings (SSSR count). The van der Waals surface area contributed by atoms with Crippen LogP contribution >= 0.6 is 12.2 Å². The van der Waals surface area contributed by atoms with Crippen LogP contribution in [0.3, 0.4) is 0 Å².